The number of carbonyl (C=O) groups excluding carboxylic acids is 1. The molecule has 0 aliphatic carbocycles. The Morgan fingerprint density at radius 1 is 1.05 bits per heavy atom. The molecule has 0 saturated carbocycles. The monoisotopic (exact) mass is 620 g/mol. The Bertz CT molecular complexity index is 1550. The minimum atomic E-state index is -0.562. The quantitative estimate of drug-likeness (QED) is 0.240. The molecule has 1 amide bonds. The average molecular weight is 622 g/mol. The fraction of sp³-hybridized carbons (Fsp3) is 0.357. The van der Waals surface area contributed by atoms with E-state index in [-0.39, 0.29) is 12.0 Å². The highest BCUT2D eigenvalue weighted by atomic mass is 35.5. The fourth-order valence-corrected chi connectivity index (χ4v) is 5.59. The summed E-state index contributed by atoms with van der Waals surface area (Å²) in [5.41, 5.74) is 1.94. The molecule has 0 bridgehead atoms. The zero-order valence-corrected chi connectivity index (χ0v) is 25.2. The van der Waals surface area contributed by atoms with Gasteiger partial charge in [0.2, 0.25) is 5.95 Å². The van der Waals surface area contributed by atoms with Crippen LogP contribution in [-0.2, 0) is 11.3 Å². The van der Waals surface area contributed by atoms with Crippen molar-refractivity contribution < 1.29 is 9.53 Å². The molecule has 1 atom stereocenters. The van der Waals surface area contributed by atoms with Gasteiger partial charge in [-0.05, 0) is 69.9 Å². The predicted octanol–water partition coefficient (Wildman–Crippen LogP) is 8.50. The van der Waals surface area contributed by atoms with Gasteiger partial charge in [-0.15, -0.1) is 0 Å². The zero-order valence-electron chi connectivity index (χ0n) is 22.2. The van der Waals surface area contributed by atoms with E-state index in [4.69, 9.17) is 61.1 Å². The van der Waals surface area contributed by atoms with Gasteiger partial charge in [-0.25, -0.2) is 14.8 Å². The van der Waals surface area contributed by atoms with Crippen LogP contribution in [0.3, 0.4) is 0 Å². The van der Waals surface area contributed by atoms with Gasteiger partial charge in [-0.2, -0.15) is 4.98 Å². The van der Waals surface area contributed by atoms with Crippen molar-refractivity contribution in [3.8, 4) is 11.4 Å². The van der Waals surface area contributed by atoms with Crippen molar-refractivity contribution in [2.75, 3.05) is 18.4 Å². The second-order valence-electron chi connectivity index (χ2n) is 10.7. The van der Waals surface area contributed by atoms with Crippen molar-refractivity contribution >= 4 is 75.3 Å². The second-order valence-corrected chi connectivity index (χ2v) is 12.4. The second kappa shape index (κ2) is 11.6. The molecule has 3 heterocycles. The molecular weight excluding hydrogens is 594 g/mol. The molecule has 40 heavy (non-hydrogen) atoms. The third-order valence-corrected chi connectivity index (χ3v) is 7.83. The van der Waals surface area contributed by atoms with Crippen LogP contribution in [-0.4, -0.2) is 49.2 Å². The first-order valence-corrected chi connectivity index (χ1v) is 14.4. The number of imidazole rings is 1. The maximum absolute atomic E-state index is 12.8. The zero-order chi connectivity index (χ0) is 28.6. The third-order valence-electron chi connectivity index (χ3n) is 6.46. The van der Waals surface area contributed by atoms with E-state index >= 15 is 0 Å². The van der Waals surface area contributed by atoms with Crippen LogP contribution in [0.2, 0.25) is 20.1 Å². The van der Waals surface area contributed by atoms with E-state index in [1.54, 1.807) is 47.5 Å². The van der Waals surface area contributed by atoms with E-state index in [1.165, 1.54) is 0 Å². The minimum absolute atomic E-state index is 0.125. The van der Waals surface area contributed by atoms with Gasteiger partial charge < -0.3 is 19.5 Å². The number of halogens is 4. The summed E-state index contributed by atoms with van der Waals surface area (Å²) in [6.07, 6.45) is 3.13. The molecule has 0 unspecified atom stereocenters. The molecule has 0 radical (unpaired) electrons. The van der Waals surface area contributed by atoms with Crippen LogP contribution in [0.15, 0.2) is 42.6 Å². The number of amides is 1. The number of carbonyl (C=O) groups is 1. The van der Waals surface area contributed by atoms with E-state index in [2.05, 4.69) is 10.3 Å². The summed E-state index contributed by atoms with van der Waals surface area (Å²) >= 11 is 25.5. The van der Waals surface area contributed by atoms with Crippen LogP contribution in [0.25, 0.3) is 22.6 Å². The number of rotatable bonds is 5. The van der Waals surface area contributed by atoms with Crippen molar-refractivity contribution in [3.63, 3.8) is 0 Å². The van der Waals surface area contributed by atoms with Gasteiger partial charge in [-0.3, -0.25) is 0 Å². The van der Waals surface area contributed by atoms with Crippen LogP contribution < -0.4 is 5.32 Å². The van der Waals surface area contributed by atoms with Crippen LogP contribution >= 0.6 is 46.4 Å². The lowest BCUT2D eigenvalue weighted by molar-refractivity contribution is 0.0158. The number of likely N-dealkylation sites (tertiary alicyclic amines) is 1. The van der Waals surface area contributed by atoms with E-state index in [9.17, 15) is 4.79 Å². The van der Waals surface area contributed by atoms with Crippen molar-refractivity contribution in [2.45, 2.75) is 45.8 Å². The van der Waals surface area contributed by atoms with Gasteiger partial charge in [0, 0.05) is 25.3 Å². The number of fused-ring (bicyclic) bond motifs is 1. The summed E-state index contributed by atoms with van der Waals surface area (Å²) < 4.78 is 7.64. The summed E-state index contributed by atoms with van der Waals surface area (Å²) in [6.45, 7) is 7.34. The molecule has 2 aromatic carbocycles. The van der Waals surface area contributed by atoms with E-state index < -0.39 is 5.60 Å². The van der Waals surface area contributed by atoms with Gasteiger partial charge in [0.05, 0.1) is 31.9 Å². The number of hydrogen-bond donors (Lipinski definition) is 1. The molecule has 210 valence electrons. The first-order chi connectivity index (χ1) is 19.0. The molecule has 1 aliphatic rings. The SMILES string of the molecule is CC(C)(C)OC(=O)N1CCC[C@@H](Cn2c(-c3c(Cl)cccc3Cl)nc3cnc(Nc4ccc(Cl)c(Cl)c4)nc32)C1. The van der Waals surface area contributed by atoms with E-state index in [1.807, 2.05) is 25.3 Å². The molecule has 1 aliphatic heterocycles. The first kappa shape index (κ1) is 28.7. The van der Waals surface area contributed by atoms with Crippen molar-refractivity contribution in [1.29, 1.82) is 0 Å². The largest absolute Gasteiger partial charge is 0.444 e. The van der Waals surface area contributed by atoms with Crippen LogP contribution in [0.1, 0.15) is 33.6 Å². The summed E-state index contributed by atoms with van der Waals surface area (Å²) in [5.74, 6) is 1.07. The van der Waals surface area contributed by atoms with Crippen LogP contribution in [0.5, 0.6) is 0 Å². The Morgan fingerprint density at radius 2 is 1.80 bits per heavy atom. The molecule has 2 aromatic heterocycles. The highest BCUT2D eigenvalue weighted by Gasteiger charge is 2.29. The molecular formula is C28H28Cl4N6O2. The van der Waals surface area contributed by atoms with Gasteiger partial charge in [0.25, 0.3) is 0 Å². The standard InChI is InChI=1S/C28H28Cl4N6O2/c1-28(2,3)40-27(39)37-11-5-6-16(14-37)15-38-24-22(35-25(38)23-19(30)7-4-8-20(23)31)13-33-26(36-24)34-17-9-10-18(29)21(32)12-17/h4,7-10,12-13,16H,5-6,11,14-15H2,1-3H3,(H,33,34,36)/t16-/m1/s1. The summed E-state index contributed by atoms with van der Waals surface area (Å²) in [5, 5.41) is 5.01. The Morgan fingerprint density at radius 3 is 2.50 bits per heavy atom. The Kier molecular flexibility index (Phi) is 8.34. The normalized spacial score (nSPS) is 15.9. The number of piperidine rings is 1. The first-order valence-electron chi connectivity index (χ1n) is 12.9. The lowest BCUT2D eigenvalue weighted by Crippen LogP contribution is -2.43. The number of nitrogens with one attached hydrogen (secondary N) is 1. The van der Waals surface area contributed by atoms with Crippen molar-refractivity contribution in [2.24, 2.45) is 5.92 Å². The van der Waals surface area contributed by atoms with E-state index in [0.717, 1.165) is 12.8 Å². The number of anilines is 2. The average Bonchev–Trinajstić information content (AvgIpc) is 3.22. The van der Waals surface area contributed by atoms with E-state index in [0.29, 0.717) is 73.9 Å². The summed E-state index contributed by atoms with van der Waals surface area (Å²) in [4.78, 5) is 28.7. The van der Waals surface area contributed by atoms with Crippen LogP contribution in [0.4, 0.5) is 16.4 Å². The highest BCUT2D eigenvalue weighted by molar-refractivity contribution is 6.42. The topological polar surface area (TPSA) is 85.2 Å². The summed E-state index contributed by atoms with van der Waals surface area (Å²) in [7, 11) is 0. The lowest BCUT2D eigenvalue weighted by Gasteiger charge is -2.34. The van der Waals surface area contributed by atoms with Gasteiger partial charge in [0.1, 0.15) is 16.9 Å². The maximum atomic E-state index is 12.8. The molecule has 1 saturated heterocycles. The van der Waals surface area contributed by atoms with Gasteiger partial charge in [-0.1, -0.05) is 52.5 Å². The number of nitrogens with zero attached hydrogens (tertiary/aromatic N) is 5. The van der Waals surface area contributed by atoms with Gasteiger partial charge >= 0.3 is 6.09 Å². The van der Waals surface area contributed by atoms with Crippen molar-refractivity contribution in [1.82, 2.24) is 24.4 Å². The molecule has 4 aromatic rings. The third kappa shape index (κ3) is 6.41. The molecule has 5 rings (SSSR count). The molecule has 12 heteroatoms. The maximum Gasteiger partial charge on any atom is 0.410 e. The Hall–Kier alpha value is -2.78. The van der Waals surface area contributed by atoms with Crippen LogP contribution in [0, 0.1) is 5.92 Å². The van der Waals surface area contributed by atoms with Gasteiger partial charge in [0.15, 0.2) is 5.65 Å². The molecule has 1 N–H and O–H groups in total. The Balaban J connectivity index is 1.52. The minimum Gasteiger partial charge on any atom is -0.444 e. The number of ether oxygens (including phenoxy) is 1. The molecule has 0 spiro atoms. The Labute approximate surface area is 252 Å². The highest BCUT2D eigenvalue weighted by Crippen LogP contribution is 2.37. The molecule has 8 nitrogen and oxygen atoms in total. The number of hydrogen-bond acceptors (Lipinski definition) is 6. The number of benzene rings is 2. The van der Waals surface area contributed by atoms with Crippen molar-refractivity contribution in [3.05, 3.63) is 62.7 Å². The predicted molar refractivity (Wildman–Crippen MR) is 161 cm³/mol. The summed E-state index contributed by atoms with van der Waals surface area (Å²) in [6, 6.07) is 10.5. The molecule has 1 fully saturated rings. The smallest absolute Gasteiger partial charge is 0.410 e. The lowest BCUT2D eigenvalue weighted by atomic mass is 9.98. The number of aromatic nitrogens is 4. The fourth-order valence-electron chi connectivity index (χ4n) is 4.72.